The number of hydrogen-bond acceptors (Lipinski definition) is 6. The van der Waals surface area contributed by atoms with Crippen LogP contribution in [0.2, 0.25) is 5.02 Å². The van der Waals surface area contributed by atoms with Crippen LogP contribution in [0.5, 0.6) is 5.75 Å². The number of nitrogens with zero attached hydrogens (tertiary/aromatic N) is 2. The Morgan fingerprint density at radius 1 is 1.03 bits per heavy atom. The average Bonchev–Trinajstić information content (AvgIpc) is 3.04. The molecule has 0 saturated carbocycles. The number of carboxylic acids is 1. The second kappa shape index (κ2) is 10.9. The Balaban J connectivity index is 1.60. The summed E-state index contributed by atoms with van der Waals surface area (Å²) >= 11 is 6.33. The van der Waals surface area contributed by atoms with Crippen molar-refractivity contribution in [1.29, 1.82) is 0 Å². The maximum absolute atomic E-state index is 13.1. The van der Waals surface area contributed by atoms with Gasteiger partial charge in [0.2, 0.25) is 15.6 Å². The molecule has 2 atom stereocenters. The van der Waals surface area contributed by atoms with Crippen LogP contribution in [0.15, 0.2) is 36.4 Å². The maximum Gasteiger partial charge on any atom is 0.341 e. The molecule has 3 aliphatic rings. The fraction of sp³-hybridized carbons (Fsp3) is 0.552. The minimum Gasteiger partial charge on any atom is -0.490 e. The summed E-state index contributed by atoms with van der Waals surface area (Å²) in [6.07, 6.45) is 7.40. The molecule has 1 aliphatic carbocycles. The topological polar surface area (TPSA) is 107 Å². The van der Waals surface area contributed by atoms with Gasteiger partial charge >= 0.3 is 5.97 Å². The number of aliphatic carboxylic acids is 1. The summed E-state index contributed by atoms with van der Waals surface area (Å²) in [4.78, 5) is 14.7. The highest BCUT2D eigenvalue weighted by atomic mass is 35.5. The molecule has 2 aromatic rings. The van der Waals surface area contributed by atoms with Crippen LogP contribution in [0.25, 0.3) is 0 Å². The van der Waals surface area contributed by atoms with Crippen molar-refractivity contribution < 1.29 is 28.2 Å². The van der Waals surface area contributed by atoms with Gasteiger partial charge in [-0.15, -0.1) is 0 Å². The number of rotatable bonds is 1. The number of aryl methyl sites for hydroxylation is 1. The van der Waals surface area contributed by atoms with Crippen molar-refractivity contribution in [2.24, 2.45) is 0 Å². The van der Waals surface area contributed by atoms with Crippen molar-refractivity contribution >= 4 is 33.3 Å². The van der Waals surface area contributed by atoms with Gasteiger partial charge in [0.15, 0.2) is 0 Å². The van der Waals surface area contributed by atoms with Crippen LogP contribution in [-0.4, -0.2) is 67.9 Å². The standard InChI is InChI=1S/C29H37ClN2O6S/c1-31-14-5-3-2-4-6-15-32-18-28(13-7-8-21-16-23(30)10-11-24(21)28)19-38-26-12-9-22(17-25(26)32)29(35,27(33)34)20-39(31,36)37/h9-12,16-17,35H,2-8,13-15,18-20H2,1H3,(H,33,34)/t28-,29+/m0/s1. The largest absolute Gasteiger partial charge is 0.490 e. The van der Waals surface area contributed by atoms with E-state index in [0.29, 0.717) is 31.0 Å². The molecule has 0 saturated heterocycles. The number of ether oxygens (including phenoxy) is 1. The zero-order valence-electron chi connectivity index (χ0n) is 22.4. The monoisotopic (exact) mass is 576 g/mol. The molecule has 8 nitrogen and oxygen atoms in total. The number of anilines is 1. The molecule has 0 radical (unpaired) electrons. The highest BCUT2D eigenvalue weighted by molar-refractivity contribution is 7.89. The van der Waals surface area contributed by atoms with Gasteiger partial charge in [-0.2, -0.15) is 0 Å². The molecule has 1 spiro atoms. The lowest BCUT2D eigenvalue weighted by molar-refractivity contribution is -0.157. The van der Waals surface area contributed by atoms with Crippen LogP contribution in [0, 0.1) is 0 Å². The second-order valence-corrected chi connectivity index (χ2v) is 13.9. The van der Waals surface area contributed by atoms with Crippen LogP contribution < -0.4 is 9.64 Å². The van der Waals surface area contributed by atoms with Gasteiger partial charge in [-0.25, -0.2) is 17.5 Å². The number of aliphatic hydroxyl groups is 1. The summed E-state index contributed by atoms with van der Waals surface area (Å²) in [5, 5.41) is 22.2. The predicted molar refractivity (Wildman–Crippen MR) is 151 cm³/mol. The molecule has 39 heavy (non-hydrogen) atoms. The second-order valence-electron chi connectivity index (χ2n) is 11.3. The molecular weight excluding hydrogens is 540 g/mol. The summed E-state index contributed by atoms with van der Waals surface area (Å²) in [5.74, 6) is -1.93. The van der Waals surface area contributed by atoms with E-state index in [1.807, 2.05) is 12.1 Å². The van der Waals surface area contributed by atoms with E-state index < -0.39 is 27.3 Å². The first-order valence-corrected chi connectivity index (χ1v) is 15.7. The van der Waals surface area contributed by atoms with Crippen LogP contribution in [0.3, 0.4) is 0 Å². The predicted octanol–water partition coefficient (Wildman–Crippen LogP) is 4.31. The number of carboxylic acid groups (broad SMARTS) is 1. The lowest BCUT2D eigenvalue weighted by Gasteiger charge is -2.41. The van der Waals surface area contributed by atoms with Crippen LogP contribution in [0.1, 0.15) is 61.6 Å². The van der Waals surface area contributed by atoms with Crippen molar-refractivity contribution in [3.63, 3.8) is 0 Å². The summed E-state index contributed by atoms with van der Waals surface area (Å²) in [7, 11) is -2.60. The molecule has 0 amide bonds. The van der Waals surface area contributed by atoms with Gasteiger partial charge in [-0.1, -0.05) is 43.0 Å². The Kier molecular flexibility index (Phi) is 7.90. The smallest absolute Gasteiger partial charge is 0.341 e. The fourth-order valence-corrected chi connectivity index (χ4v) is 8.00. The number of benzene rings is 2. The van der Waals surface area contributed by atoms with E-state index in [1.165, 1.54) is 24.2 Å². The van der Waals surface area contributed by atoms with Gasteiger partial charge in [0.25, 0.3) is 0 Å². The summed E-state index contributed by atoms with van der Waals surface area (Å²) in [6.45, 7) is 2.17. The normalized spacial score (nSPS) is 27.9. The maximum atomic E-state index is 13.1. The van der Waals surface area contributed by atoms with E-state index in [2.05, 4.69) is 11.0 Å². The number of hydrogen-bond donors (Lipinski definition) is 2. The first-order chi connectivity index (χ1) is 18.5. The first-order valence-electron chi connectivity index (χ1n) is 13.8. The molecule has 212 valence electrons. The SMILES string of the molecule is CN1CCCCCCCN2C[C@@]3(CCCc4cc(Cl)ccc43)COc3ccc(cc32)[C@@](O)(C(=O)O)CS1(=O)=O. The van der Waals surface area contributed by atoms with Gasteiger partial charge in [-0.05, 0) is 73.1 Å². The number of halogens is 1. The van der Waals surface area contributed by atoms with E-state index in [1.54, 1.807) is 12.1 Å². The summed E-state index contributed by atoms with van der Waals surface area (Å²) < 4.78 is 33.8. The molecule has 2 heterocycles. The number of fused-ring (bicyclic) bond motifs is 3. The van der Waals surface area contributed by atoms with Gasteiger partial charge in [-0.3, -0.25) is 0 Å². The van der Waals surface area contributed by atoms with Crippen LogP contribution in [0.4, 0.5) is 5.69 Å². The van der Waals surface area contributed by atoms with Gasteiger partial charge in [0.05, 0.1) is 12.3 Å². The zero-order valence-corrected chi connectivity index (χ0v) is 23.9. The van der Waals surface area contributed by atoms with Gasteiger partial charge in [0, 0.05) is 37.1 Å². The third kappa shape index (κ3) is 5.51. The fourth-order valence-electron chi connectivity index (χ4n) is 6.36. The molecule has 0 aromatic heterocycles. The molecule has 10 heteroatoms. The Labute approximate surface area is 235 Å². The van der Waals surface area contributed by atoms with Crippen molar-refractivity contribution in [2.45, 2.75) is 62.4 Å². The Bertz CT molecular complexity index is 1350. The van der Waals surface area contributed by atoms with Crippen LogP contribution in [-0.2, 0) is 32.3 Å². The molecular formula is C29H37ClN2O6S. The van der Waals surface area contributed by atoms with Gasteiger partial charge < -0.3 is 19.8 Å². The Morgan fingerprint density at radius 3 is 2.54 bits per heavy atom. The minimum atomic E-state index is -4.04. The molecule has 0 unspecified atom stereocenters. The minimum absolute atomic E-state index is 0.0287. The quantitative estimate of drug-likeness (QED) is 0.521. The molecule has 2 bridgehead atoms. The first kappa shape index (κ1) is 28.2. The lowest BCUT2D eigenvalue weighted by atomic mass is 9.70. The van der Waals surface area contributed by atoms with E-state index in [4.69, 9.17) is 16.3 Å². The summed E-state index contributed by atoms with van der Waals surface area (Å²) in [6, 6.07) is 10.9. The molecule has 2 N–H and O–H groups in total. The van der Waals surface area contributed by atoms with E-state index in [9.17, 15) is 23.4 Å². The highest BCUT2D eigenvalue weighted by Crippen LogP contribution is 2.45. The van der Waals surface area contributed by atoms with Crippen molar-refractivity contribution in [3.8, 4) is 5.75 Å². The Morgan fingerprint density at radius 2 is 1.77 bits per heavy atom. The molecule has 2 aromatic carbocycles. The van der Waals surface area contributed by atoms with Gasteiger partial charge in [0.1, 0.15) is 11.5 Å². The molecule has 5 rings (SSSR count). The zero-order chi connectivity index (χ0) is 27.8. The number of sulfonamides is 1. The van der Waals surface area contributed by atoms with Crippen molar-refractivity contribution in [2.75, 3.05) is 43.9 Å². The van der Waals surface area contributed by atoms with Crippen LogP contribution >= 0.6 is 11.6 Å². The third-order valence-electron chi connectivity index (χ3n) is 8.64. The average molecular weight is 577 g/mol. The van der Waals surface area contributed by atoms with E-state index >= 15 is 0 Å². The van der Waals surface area contributed by atoms with E-state index in [-0.39, 0.29) is 17.5 Å². The summed E-state index contributed by atoms with van der Waals surface area (Å²) in [5.41, 5.74) is 0.309. The Hall–Kier alpha value is -2.33. The lowest BCUT2D eigenvalue weighted by Crippen LogP contribution is -2.46. The third-order valence-corrected chi connectivity index (χ3v) is 10.8. The van der Waals surface area contributed by atoms with Crippen molar-refractivity contribution in [3.05, 3.63) is 58.1 Å². The van der Waals surface area contributed by atoms with E-state index in [0.717, 1.165) is 60.8 Å². The number of carbonyl (C=O) groups is 1. The highest BCUT2D eigenvalue weighted by Gasteiger charge is 2.46. The molecule has 0 fully saturated rings. The van der Waals surface area contributed by atoms with Crippen molar-refractivity contribution in [1.82, 2.24) is 4.31 Å². The molecule has 2 aliphatic heterocycles.